The standard InChI is InChI=1S/C22H27N3O3/c1-3-5-14-28-19-10-7-17(8-11-19)23-22(27)24-18-9-12-20-16(15-18)6-13-21(26)25(20)4-2/h7-12,15H,3-6,13-14H2,1-2H3,(H2,23,24,27). The van der Waals surface area contributed by atoms with E-state index in [1.54, 1.807) is 4.90 Å². The predicted molar refractivity (Wildman–Crippen MR) is 112 cm³/mol. The number of ether oxygens (including phenoxy) is 1. The van der Waals surface area contributed by atoms with E-state index >= 15 is 0 Å². The molecule has 6 heteroatoms. The number of rotatable bonds is 7. The van der Waals surface area contributed by atoms with Gasteiger partial charge in [-0.1, -0.05) is 13.3 Å². The molecule has 1 aliphatic rings. The molecule has 6 nitrogen and oxygen atoms in total. The number of anilines is 3. The van der Waals surface area contributed by atoms with E-state index in [-0.39, 0.29) is 11.9 Å². The maximum absolute atomic E-state index is 12.3. The molecule has 0 spiro atoms. The zero-order valence-corrected chi connectivity index (χ0v) is 16.5. The third kappa shape index (κ3) is 4.82. The van der Waals surface area contributed by atoms with Crippen molar-refractivity contribution < 1.29 is 14.3 Å². The Kier molecular flexibility index (Phi) is 6.53. The molecule has 0 unspecified atom stereocenters. The van der Waals surface area contributed by atoms with Crippen molar-refractivity contribution in [2.45, 2.75) is 39.5 Å². The smallest absolute Gasteiger partial charge is 0.323 e. The number of aryl methyl sites for hydroxylation is 1. The monoisotopic (exact) mass is 381 g/mol. The average Bonchev–Trinajstić information content (AvgIpc) is 2.69. The second-order valence-electron chi connectivity index (χ2n) is 6.79. The fraction of sp³-hybridized carbons (Fsp3) is 0.364. The Bertz CT molecular complexity index is 833. The first-order valence-electron chi connectivity index (χ1n) is 9.85. The molecule has 2 aromatic carbocycles. The zero-order valence-electron chi connectivity index (χ0n) is 16.5. The Balaban J connectivity index is 1.58. The zero-order chi connectivity index (χ0) is 19.9. The number of fused-ring (bicyclic) bond motifs is 1. The summed E-state index contributed by atoms with van der Waals surface area (Å²) in [6, 6.07) is 12.7. The van der Waals surface area contributed by atoms with E-state index < -0.39 is 0 Å². The van der Waals surface area contributed by atoms with Gasteiger partial charge in [-0.3, -0.25) is 4.79 Å². The number of carbonyl (C=O) groups is 2. The first-order valence-corrected chi connectivity index (χ1v) is 9.85. The molecule has 0 saturated heterocycles. The first-order chi connectivity index (χ1) is 13.6. The van der Waals surface area contributed by atoms with Crippen LogP contribution in [0.2, 0.25) is 0 Å². The highest BCUT2D eigenvalue weighted by atomic mass is 16.5. The summed E-state index contributed by atoms with van der Waals surface area (Å²) in [5.41, 5.74) is 3.42. The van der Waals surface area contributed by atoms with Gasteiger partial charge in [0.05, 0.1) is 6.61 Å². The molecular formula is C22H27N3O3. The molecule has 2 aromatic rings. The normalized spacial score (nSPS) is 13.1. The van der Waals surface area contributed by atoms with E-state index in [0.29, 0.717) is 37.4 Å². The topological polar surface area (TPSA) is 70.7 Å². The fourth-order valence-corrected chi connectivity index (χ4v) is 3.25. The van der Waals surface area contributed by atoms with Gasteiger partial charge in [0.15, 0.2) is 0 Å². The largest absolute Gasteiger partial charge is 0.494 e. The summed E-state index contributed by atoms with van der Waals surface area (Å²) in [6.07, 6.45) is 3.31. The number of unbranched alkanes of at least 4 members (excludes halogenated alkanes) is 1. The molecule has 0 saturated carbocycles. The highest BCUT2D eigenvalue weighted by molar-refractivity contribution is 6.01. The maximum atomic E-state index is 12.3. The number of nitrogens with one attached hydrogen (secondary N) is 2. The van der Waals surface area contributed by atoms with Crippen LogP contribution >= 0.6 is 0 Å². The lowest BCUT2D eigenvalue weighted by Gasteiger charge is -2.28. The predicted octanol–water partition coefficient (Wildman–Crippen LogP) is 4.81. The summed E-state index contributed by atoms with van der Waals surface area (Å²) in [7, 11) is 0. The third-order valence-electron chi connectivity index (χ3n) is 4.73. The Morgan fingerprint density at radius 2 is 1.75 bits per heavy atom. The van der Waals surface area contributed by atoms with Gasteiger partial charge in [-0.15, -0.1) is 0 Å². The summed E-state index contributed by atoms with van der Waals surface area (Å²) in [5.74, 6) is 0.944. The van der Waals surface area contributed by atoms with Crippen molar-refractivity contribution in [2.75, 3.05) is 28.7 Å². The van der Waals surface area contributed by atoms with Crippen LogP contribution in [0.25, 0.3) is 0 Å². The van der Waals surface area contributed by atoms with Crippen LogP contribution < -0.4 is 20.3 Å². The first kappa shape index (κ1) is 19.7. The Morgan fingerprint density at radius 3 is 2.46 bits per heavy atom. The summed E-state index contributed by atoms with van der Waals surface area (Å²) < 4.78 is 5.62. The number of amides is 3. The Morgan fingerprint density at radius 1 is 1.04 bits per heavy atom. The highest BCUT2D eigenvalue weighted by Gasteiger charge is 2.22. The van der Waals surface area contributed by atoms with Gasteiger partial charge in [0.2, 0.25) is 5.91 Å². The van der Waals surface area contributed by atoms with Gasteiger partial charge in [0.1, 0.15) is 5.75 Å². The summed E-state index contributed by atoms with van der Waals surface area (Å²) in [6.45, 7) is 5.43. The van der Waals surface area contributed by atoms with Crippen molar-refractivity contribution in [3.05, 3.63) is 48.0 Å². The molecule has 2 N–H and O–H groups in total. The molecule has 148 valence electrons. The van der Waals surface area contributed by atoms with Gasteiger partial charge in [-0.05, 0) is 67.8 Å². The van der Waals surface area contributed by atoms with Gasteiger partial charge >= 0.3 is 6.03 Å². The van der Waals surface area contributed by atoms with Crippen LogP contribution in [-0.4, -0.2) is 25.1 Å². The Hall–Kier alpha value is -3.02. The van der Waals surface area contributed by atoms with Crippen molar-refractivity contribution in [3.8, 4) is 5.75 Å². The van der Waals surface area contributed by atoms with Gasteiger partial charge < -0.3 is 20.3 Å². The van der Waals surface area contributed by atoms with E-state index in [1.165, 1.54) is 0 Å². The van der Waals surface area contributed by atoms with Crippen molar-refractivity contribution in [3.63, 3.8) is 0 Å². The van der Waals surface area contributed by atoms with Crippen LogP contribution in [0.3, 0.4) is 0 Å². The van der Waals surface area contributed by atoms with Crippen LogP contribution in [0.4, 0.5) is 21.9 Å². The minimum Gasteiger partial charge on any atom is -0.494 e. The van der Waals surface area contributed by atoms with Crippen molar-refractivity contribution in [1.82, 2.24) is 0 Å². The minimum atomic E-state index is -0.307. The number of carbonyl (C=O) groups excluding carboxylic acids is 2. The molecule has 3 rings (SSSR count). The van der Waals surface area contributed by atoms with Crippen molar-refractivity contribution in [1.29, 1.82) is 0 Å². The number of hydrogen-bond acceptors (Lipinski definition) is 3. The third-order valence-corrected chi connectivity index (χ3v) is 4.73. The number of urea groups is 1. The number of benzene rings is 2. The minimum absolute atomic E-state index is 0.149. The van der Waals surface area contributed by atoms with Gasteiger partial charge in [0.25, 0.3) is 0 Å². The van der Waals surface area contributed by atoms with Crippen LogP contribution in [0.15, 0.2) is 42.5 Å². The Labute approximate surface area is 165 Å². The summed E-state index contributed by atoms with van der Waals surface area (Å²) in [4.78, 5) is 26.1. The van der Waals surface area contributed by atoms with Crippen molar-refractivity contribution in [2.24, 2.45) is 0 Å². The van der Waals surface area contributed by atoms with Gasteiger partial charge in [0, 0.05) is 30.0 Å². The molecule has 0 aromatic heterocycles. The second kappa shape index (κ2) is 9.26. The van der Waals surface area contributed by atoms with E-state index in [9.17, 15) is 9.59 Å². The summed E-state index contributed by atoms with van der Waals surface area (Å²) >= 11 is 0. The van der Waals surface area contributed by atoms with E-state index in [4.69, 9.17) is 4.74 Å². The molecule has 3 amide bonds. The van der Waals surface area contributed by atoms with Crippen LogP contribution in [0, 0.1) is 0 Å². The SMILES string of the molecule is CCCCOc1ccc(NC(=O)Nc2ccc3c(c2)CCC(=O)N3CC)cc1. The lowest BCUT2D eigenvalue weighted by Crippen LogP contribution is -2.34. The molecule has 1 aliphatic heterocycles. The summed E-state index contributed by atoms with van der Waals surface area (Å²) in [5, 5.41) is 5.68. The van der Waals surface area contributed by atoms with Gasteiger partial charge in [-0.25, -0.2) is 4.79 Å². The molecule has 0 bridgehead atoms. The number of nitrogens with zero attached hydrogens (tertiary/aromatic N) is 1. The average molecular weight is 381 g/mol. The van der Waals surface area contributed by atoms with E-state index in [0.717, 1.165) is 29.8 Å². The van der Waals surface area contributed by atoms with Crippen LogP contribution in [-0.2, 0) is 11.2 Å². The van der Waals surface area contributed by atoms with Crippen LogP contribution in [0.5, 0.6) is 5.75 Å². The second-order valence-corrected chi connectivity index (χ2v) is 6.79. The van der Waals surface area contributed by atoms with E-state index in [1.807, 2.05) is 49.4 Å². The molecule has 0 aliphatic carbocycles. The molecule has 28 heavy (non-hydrogen) atoms. The fourth-order valence-electron chi connectivity index (χ4n) is 3.25. The number of hydrogen-bond donors (Lipinski definition) is 2. The molecule has 0 fully saturated rings. The molecule has 0 atom stereocenters. The van der Waals surface area contributed by atoms with Crippen LogP contribution in [0.1, 0.15) is 38.7 Å². The highest BCUT2D eigenvalue weighted by Crippen LogP contribution is 2.30. The molecule has 1 heterocycles. The lowest BCUT2D eigenvalue weighted by molar-refractivity contribution is -0.118. The lowest BCUT2D eigenvalue weighted by atomic mass is 10.0. The quantitative estimate of drug-likeness (QED) is 0.676. The van der Waals surface area contributed by atoms with E-state index in [2.05, 4.69) is 17.6 Å². The van der Waals surface area contributed by atoms with Crippen molar-refractivity contribution >= 4 is 29.0 Å². The maximum Gasteiger partial charge on any atom is 0.323 e. The van der Waals surface area contributed by atoms with Gasteiger partial charge in [-0.2, -0.15) is 0 Å². The molecule has 0 radical (unpaired) electrons. The molecular weight excluding hydrogens is 354 g/mol.